The zero-order valence-electron chi connectivity index (χ0n) is 12.8. The van der Waals surface area contributed by atoms with Crippen molar-refractivity contribution in [2.24, 2.45) is 17.8 Å². The van der Waals surface area contributed by atoms with Crippen LogP contribution in [-0.4, -0.2) is 72.3 Å². The number of hydrogen-bond donors (Lipinski definition) is 0. The Hall–Kier alpha value is -1.10. The Morgan fingerprint density at radius 3 is 2.19 bits per heavy atom. The molecule has 0 aromatic carbocycles. The Morgan fingerprint density at radius 1 is 0.905 bits per heavy atom. The van der Waals surface area contributed by atoms with Gasteiger partial charge in [-0.05, 0) is 44.6 Å². The molecule has 0 aromatic rings. The molecule has 3 saturated heterocycles. The van der Waals surface area contributed by atoms with Gasteiger partial charge in [0.05, 0.1) is 0 Å². The summed E-state index contributed by atoms with van der Waals surface area (Å²) in [4.78, 5) is 31.5. The molecule has 4 rings (SSSR count). The number of carbonyl (C=O) groups excluding carboxylic acids is 2. The van der Waals surface area contributed by atoms with Crippen molar-refractivity contribution < 1.29 is 9.59 Å². The molecule has 116 valence electrons. The van der Waals surface area contributed by atoms with E-state index in [1.54, 1.807) is 0 Å². The zero-order valence-corrected chi connectivity index (χ0v) is 12.8. The summed E-state index contributed by atoms with van der Waals surface area (Å²) < 4.78 is 0. The third-order valence-corrected chi connectivity index (χ3v) is 5.73. The van der Waals surface area contributed by atoms with Crippen molar-refractivity contribution in [3.63, 3.8) is 0 Å². The molecule has 5 nitrogen and oxygen atoms in total. The van der Waals surface area contributed by atoms with E-state index in [9.17, 15) is 9.59 Å². The van der Waals surface area contributed by atoms with Gasteiger partial charge in [-0.25, -0.2) is 0 Å². The molecule has 0 N–H and O–H groups in total. The van der Waals surface area contributed by atoms with E-state index in [-0.39, 0.29) is 23.8 Å². The van der Waals surface area contributed by atoms with E-state index < -0.39 is 0 Å². The van der Waals surface area contributed by atoms with Gasteiger partial charge in [0.2, 0.25) is 11.8 Å². The van der Waals surface area contributed by atoms with Crippen LogP contribution in [0.3, 0.4) is 0 Å². The first-order chi connectivity index (χ1) is 10.1. The molecule has 3 atom stereocenters. The minimum absolute atomic E-state index is 0.158. The minimum atomic E-state index is -0.158. The number of nitrogens with zero attached hydrogens (tertiary/aromatic N) is 3. The van der Waals surface area contributed by atoms with Gasteiger partial charge < -0.3 is 14.7 Å². The highest BCUT2D eigenvalue weighted by Gasteiger charge is 2.46. The van der Waals surface area contributed by atoms with E-state index in [0.29, 0.717) is 11.8 Å². The molecule has 0 radical (unpaired) electrons. The number of rotatable bonds is 2. The Morgan fingerprint density at radius 2 is 1.57 bits per heavy atom. The largest absolute Gasteiger partial charge is 0.340 e. The van der Waals surface area contributed by atoms with Gasteiger partial charge in [-0.2, -0.15) is 0 Å². The second-order valence-electron chi connectivity index (χ2n) is 7.45. The first-order valence-corrected chi connectivity index (χ1v) is 8.41. The van der Waals surface area contributed by atoms with Crippen LogP contribution < -0.4 is 0 Å². The van der Waals surface area contributed by atoms with E-state index >= 15 is 0 Å². The maximum absolute atomic E-state index is 12.8. The summed E-state index contributed by atoms with van der Waals surface area (Å²) in [5.74, 6) is 1.98. The van der Waals surface area contributed by atoms with Gasteiger partial charge in [-0.15, -0.1) is 0 Å². The Bertz CT molecular complexity index is 448. The molecular weight excluding hydrogens is 266 g/mol. The Kier molecular flexibility index (Phi) is 3.21. The van der Waals surface area contributed by atoms with Crippen LogP contribution in [0.2, 0.25) is 0 Å². The van der Waals surface area contributed by atoms with Crippen LogP contribution in [0.5, 0.6) is 0 Å². The predicted octanol–water partition coefficient (Wildman–Crippen LogP) is 0.407. The van der Waals surface area contributed by atoms with E-state index in [4.69, 9.17) is 0 Å². The molecule has 1 saturated carbocycles. The molecular formula is C16H25N3O2. The highest BCUT2D eigenvalue weighted by molar-refractivity contribution is 5.90. The average Bonchev–Trinajstić information content (AvgIpc) is 2.90. The van der Waals surface area contributed by atoms with Crippen LogP contribution in [0.15, 0.2) is 0 Å². The van der Waals surface area contributed by atoms with Crippen LogP contribution in [-0.2, 0) is 9.59 Å². The second kappa shape index (κ2) is 4.97. The monoisotopic (exact) mass is 291 g/mol. The van der Waals surface area contributed by atoms with Crippen molar-refractivity contribution >= 4 is 11.8 Å². The molecule has 3 aliphatic heterocycles. The molecule has 3 heterocycles. The lowest BCUT2D eigenvalue weighted by Crippen LogP contribution is -2.48. The van der Waals surface area contributed by atoms with Gasteiger partial charge in [0, 0.05) is 38.6 Å². The average molecular weight is 291 g/mol. The molecule has 5 heteroatoms. The van der Waals surface area contributed by atoms with Crippen molar-refractivity contribution in [2.45, 2.75) is 31.7 Å². The molecule has 1 aliphatic carbocycles. The Labute approximate surface area is 126 Å². The topological polar surface area (TPSA) is 43.9 Å². The fourth-order valence-corrected chi connectivity index (χ4v) is 4.47. The van der Waals surface area contributed by atoms with Crippen molar-refractivity contribution in [1.29, 1.82) is 0 Å². The van der Waals surface area contributed by atoms with E-state index in [1.165, 1.54) is 0 Å². The number of carbonyl (C=O) groups is 2. The Balaban J connectivity index is 1.41. The lowest BCUT2D eigenvalue weighted by atomic mass is 10.0. The summed E-state index contributed by atoms with van der Waals surface area (Å²) in [6.07, 6.45) is 3.90. The minimum Gasteiger partial charge on any atom is -0.340 e. The van der Waals surface area contributed by atoms with E-state index in [0.717, 1.165) is 58.4 Å². The molecule has 0 aromatic heterocycles. The summed E-state index contributed by atoms with van der Waals surface area (Å²) in [5, 5.41) is 0. The quantitative estimate of drug-likeness (QED) is 0.740. The summed E-state index contributed by atoms with van der Waals surface area (Å²) in [6.45, 7) is 4.81. The van der Waals surface area contributed by atoms with Gasteiger partial charge in [0.25, 0.3) is 0 Å². The summed E-state index contributed by atoms with van der Waals surface area (Å²) in [7, 11) is 2.16. The highest BCUT2D eigenvalue weighted by atomic mass is 16.2. The van der Waals surface area contributed by atoms with E-state index in [1.807, 2.05) is 9.80 Å². The van der Waals surface area contributed by atoms with E-state index in [2.05, 4.69) is 11.9 Å². The molecule has 0 spiro atoms. The fraction of sp³-hybridized carbons (Fsp3) is 0.875. The first kappa shape index (κ1) is 13.6. The maximum Gasteiger partial charge on any atom is 0.245 e. The predicted molar refractivity (Wildman–Crippen MR) is 78.5 cm³/mol. The van der Waals surface area contributed by atoms with Crippen molar-refractivity contribution in [3.8, 4) is 0 Å². The first-order valence-electron chi connectivity index (χ1n) is 8.41. The van der Waals surface area contributed by atoms with Gasteiger partial charge in [0.1, 0.15) is 6.04 Å². The van der Waals surface area contributed by atoms with Crippen LogP contribution >= 0.6 is 0 Å². The summed E-state index contributed by atoms with van der Waals surface area (Å²) in [5.41, 5.74) is 0. The van der Waals surface area contributed by atoms with Crippen LogP contribution in [0.1, 0.15) is 25.7 Å². The lowest BCUT2D eigenvalue weighted by molar-refractivity contribution is -0.144. The number of hydrogen-bond acceptors (Lipinski definition) is 3. The van der Waals surface area contributed by atoms with Gasteiger partial charge in [-0.3, -0.25) is 9.59 Å². The summed E-state index contributed by atoms with van der Waals surface area (Å²) in [6, 6.07) is -0.158. The lowest BCUT2D eigenvalue weighted by Gasteiger charge is -2.28. The maximum atomic E-state index is 12.8. The van der Waals surface area contributed by atoms with Crippen LogP contribution in [0.4, 0.5) is 0 Å². The molecule has 4 aliphatic rings. The zero-order chi connectivity index (χ0) is 14.6. The number of amides is 2. The molecule has 4 fully saturated rings. The van der Waals surface area contributed by atoms with Crippen molar-refractivity contribution in [3.05, 3.63) is 0 Å². The smallest absolute Gasteiger partial charge is 0.245 e. The number of fused-ring (bicyclic) bond motifs is 1. The van der Waals surface area contributed by atoms with Gasteiger partial charge in [-0.1, -0.05) is 0 Å². The third-order valence-electron chi connectivity index (χ3n) is 5.73. The standard InChI is InChI=1S/C16H25N3O2/c1-17-7-12-9-18(10-13(12)8-17)16(21)14-3-2-6-19(14)15(20)11-4-5-11/h11-14H,2-10H2,1H3/t12-,13+,14-/m0/s1. The third kappa shape index (κ3) is 2.35. The summed E-state index contributed by atoms with van der Waals surface area (Å²) >= 11 is 0. The van der Waals surface area contributed by atoms with Crippen LogP contribution in [0, 0.1) is 17.8 Å². The van der Waals surface area contributed by atoms with Gasteiger partial charge >= 0.3 is 0 Å². The van der Waals surface area contributed by atoms with Crippen molar-refractivity contribution in [2.75, 3.05) is 39.8 Å². The second-order valence-corrected chi connectivity index (χ2v) is 7.45. The molecule has 0 unspecified atom stereocenters. The molecule has 2 amide bonds. The van der Waals surface area contributed by atoms with Gasteiger partial charge in [0.15, 0.2) is 0 Å². The molecule has 21 heavy (non-hydrogen) atoms. The fourth-order valence-electron chi connectivity index (χ4n) is 4.47. The SMILES string of the molecule is CN1C[C@@H]2CN(C(=O)[C@@H]3CCCN3C(=O)C3CC3)C[C@@H]2C1. The van der Waals surface area contributed by atoms with Crippen molar-refractivity contribution in [1.82, 2.24) is 14.7 Å². The normalized spacial score (nSPS) is 36.3. The number of likely N-dealkylation sites (tertiary alicyclic amines) is 3. The van der Waals surface area contributed by atoms with Crippen LogP contribution in [0.25, 0.3) is 0 Å². The molecule has 0 bridgehead atoms. The highest BCUT2D eigenvalue weighted by Crippen LogP contribution is 2.35.